The average molecular weight is 283 g/mol. The number of hydrogen-bond acceptors (Lipinski definition) is 4. The van der Waals surface area contributed by atoms with Gasteiger partial charge in [-0.15, -0.1) is 0 Å². The lowest BCUT2D eigenvalue weighted by Crippen LogP contribution is -2.50. The molecule has 2 aliphatic rings. The second-order valence-electron chi connectivity index (χ2n) is 7.02. The lowest BCUT2D eigenvalue weighted by molar-refractivity contribution is 0.0519. The van der Waals surface area contributed by atoms with Gasteiger partial charge in [0, 0.05) is 18.6 Å². The Morgan fingerprint density at radius 1 is 1.25 bits per heavy atom. The summed E-state index contributed by atoms with van der Waals surface area (Å²) in [6.45, 7) is 8.52. The Morgan fingerprint density at radius 2 is 1.90 bits per heavy atom. The van der Waals surface area contributed by atoms with E-state index in [1.54, 1.807) is 0 Å². The number of alkyl carbamates (subject to hydrolysis) is 1. The van der Waals surface area contributed by atoms with Gasteiger partial charge in [-0.2, -0.15) is 0 Å². The summed E-state index contributed by atoms with van der Waals surface area (Å²) < 4.78 is 5.29. The van der Waals surface area contributed by atoms with Crippen molar-refractivity contribution < 1.29 is 9.53 Å². The number of rotatable bonds is 5. The molecule has 3 N–H and O–H groups in total. The van der Waals surface area contributed by atoms with Crippen LogP contribution in [-0.2, 0) is 4.74 Å². The van der Waals surface area contributed by atoms with Crippen LogP contribution in [0.15, 0.2) is 0 Å². The first-order valence-electron chi connectivity index (χ1n) is 7.87. The van der Waals surface area contributed by atoms with E-state index in [1.165, 1.54) is 25.7 Å². The molecule has 2 rings (SSSR count). The quantitative estimate of drug-likeness (QED) is 0.718. The second-order valence-corrected chi connectivity index (χ2v) is 7.02. The van der Waals surface area contributed by atoms with Crippen molar-refractivity contribution in [2.24, 2.45) is 5.92 Å². The van der Waals surface area contributed by atoms with Crippen LogP contribution in [-0.4, -0.2) is 43.4 Å². The van der Waals surface area contributed by atoms with Crippen molar-refractivity contribution in [2.45, 2.75) is 64.1 Å². The summed E-state index contributed by atoms with van der Waals surface area (Å²) >= 11 is 0. The van der Waals surface area contributed by atoms with Crippen LogP contribution in [0.2, 0.25) is 0 Å². The smallest absolute Gasteiger partial charge is 0.407 e. The van der Waals surface area contributed by atoms with Crippen molar-refractivity contribution in [2.75, 3.05) is 19.6 Å². The molecule has 1 saturated heterocycles. The molecular formula is C15H29N3O2. The molecule has 0 bridgehead atoms. The second kappa shape index (κ2) is 6.76. The van der Waals surface area contributed by atoms with Gasteiger partial charge in [0.2, 0.25) is 0 Å². The first-order chi connectivity index (χ1) is 9.44. The summed E-state index contributed by atoms with van der Waals surface area (Å²) in [6, 6.07) is 0.980. The summed E-state index contributed by atoms with van der Waals surface area (Å²) in [4.78, 5) is 11.7. The molecule has 5 heteroatoms. The third-order valence-electron chi connectivity index (χ3n) is 3.85. The highest BCUT2D eigenvalue weighted by molar-refractivity contribution is 5.67. The maximum absolute atomic E-state index is 11.7. The van der Waals surface area contributed by atoms with Crippen LogP contribution in [0.3, 0.4) is 0 Å². The standard InChI is InChI=1S/C15H29N3O2/c1-15(2,3)20-14(19)17-10-13(11-4-5-11)18-12-6-8-16-9-7-12/h11-13,16,18H,4-10H2,1-3H3,(H,17,19). The van der Waals surface area contributed by atoms with Crippen molar-refractivity contribution in [3.8, 4) is 0 Å². The Bertz CT molecular complexity index is 318. The van der Waals surface area contributed by atoms with E-state index in [2.05, 4.69) is 16.0 Å². The number of carbonyl (C=O) groups excluding carboxylic acids is 1. The van der Waals surface area contributed by atoms with Crippen LogP contribution < -0.4 is 16.0 Å². The Kier molecular flexibility index (Phi) is 5.27. The molecule has 1 unspecified atom stereocenters. The Morgan fingerprint density at radius 3 is 2.45 bits per heavy atom. The molecule has 0 aromatic carbocycles. The molecule has 0 aromatic heterocycles. The van der Waals surface area contributed by atoms with Crippen molar-refractivity contribution in [1.82, 2.24) is 16.0 Å². The largest absolute Gasteiger partial charge is 0.444 e. The molecule has 20 heavy (non-hydrogen) atoms. The minimum Gasteiger partial charge on any atom is -0.444 e. The minimum atomic E-state index is -0.429. The first kappa shape index (κ1) is 15.6. The van der Waals surface area contributed by atoms with Crippen molar-refractivity contribution in [1.29, 1.82) is 0 Å². The van der Waals surface area contributed by atoms with Crippen LogP contribution in [0.5, 0.6) is 0 Å². The molecule has 5 nitrogen and oxygen atoms in total. The molecule has 0 aromatic rings. The van der Waals surface area contributed by atoms with E-state index in [4.69, 9.17) is 4.74 Å². The molecule has 1 aliphatic heterocycles. The molecule has 1 heterocycles. The van der Waals surface area contributed by atoms with Gasteiger partial charge in [-0.3, -0.25) is 0 Å². The lowest BCUT2D eigenvalue weighted by atomic mass is 10.0. The monoisotopic (exact) mass is 283 g/mol. The molecule has 0 radical (unpaired) electrons. The van der Waals surface area contributed by atoms with Crippen LogP contribution in [0.25, 0.3) is 0 Å². The molecule has 2 fully saturated rings. The highest BCUT2D eigenvalue weighted by Gasteiger charge is 2.33. The van der Waals surface area contributed by atoms with Crippen LogP contribution in [0.1, 0.15) is 46.5 Å². The summed E-state index contributed by atoms with van der Waals surface area (Å²) in [7, 11) is 0. The molecule has 0 spiro atoms. The maximum Gasteiger partial charge on any atom is 0.407 e. The fourth-order valence-electron chi connectivity index (χ4n) is 2.66. The van der Waals surface area contributed by atoms with E-state index >= 15 is 0 Å². The van der Waals surface area contributed by atoms with Gasteiger partial charge in [-0.05, 0) is 65.5 Å². The number of hydrogen-bond donors (Lipinski definition) is 3. The van der Waals surface area contributed by atoms with Gasteiger partial charge in [0.15, 0.2) is 0 Å². The highest BCUT2D eigenvalue weighted by Crippen LogP contribution is 2.33. The average Bonchev–Trinajstić information content (AvgIpc) is 3.18. The van der Waals surface area contributed by atoms with E-state index in [0.717, 1.165) is 19.0 Å². The van der Waals surface area contributed by atoms with Gasteiger partial charge < -0.3 is 20.7 Å². The van der Waals surface area contributed by atoms with Crippen LogP contribution >= 0.6 is 0 Å². The Labute approximate surface area is 122 Å². The van der Waals surface area contributed by atoms with Crippen molar-refractivity contribution in [3.05, 3.63) is 0 Å². The number of amides is 1. The van der Waals surface area contributed by atoms with Crippen molar-refractivity contribution >= 4 is 6.09 Å². The third kappa shape index (κ3) is 5.67. The summed E-state index contributed by atoms with van der Waals surface area (Å²) in [6.07, 6.45) is 4.60. The van der Waals surface area contributed by atoms with Gasteiger partial charge in [-0.25, -0.2) is 4.79 Å². The Hall–Kier alpha value is -0.810. The summed E-state index contributed by atoms with van der Waals surface area (Å²) in [5.41, 5.74) is -0.429. The maximum atomic E-state index is 11.7. The number of carbonyl (C=O) groups is 1. The molecule has 116 valence electrons. The lowest BCUT2D eigenvalue weighted by Gasteiger charge is -2.29. The van der Waals surface area contributed by atoms with E-state index in [0.29, 0.717) is 18.6 Å². The van der Waals surface area contributed by atoms with Crippen LogP contribution in [0.4, 0.5) is 4.79 Å². The molecule has 1 atom stereocenters. The van der Waals surface area contributed by atoms with E-state index in [-0.39, 0.29) is 6.09 Å². The van der Waals surface area contributed by atoms with Gasteiger partial charge in [0.25, 0.3) is 0 Å². The topological polar surface area (TPSA) is 62.4 Å². The van der Waals surface area contributed by atoms with Crippen molar-refractivity contribution in [3.63, 3.8) is 0 Å². The van der Waals surface area contributed by atoms with Gasteiger partial charge >= 0.3 is 6.09 Å². The van der Waals surface area contributed by atoms with Gasteiger partial charge in [-0.1, -0.05) is 0 Å². The van der Waals surface area contributed by atoms with Crippen LogP contribution in [0, 0.1) is 5.92 Å². The zero-order valence-corrected chi connectivity index (χ0v) is 13.0. The summed E-state index contributed by atoms with van der Waals surface area (Å²) in [5.74, 6) is 0.722. The molecule has 1 aliphatic carbocycles. The number of piperidine rings is 1. The molecular weight excluding hydrogens is 254 g/mol. The first-order valence-corrected chi connectivity index (χ1v) is 7.87. The molecule has 1 amide bonds. The number of ether oxygens (including phenoxy) is 1. The zero-order chi connectivity index (χ0) is 14.6. The SMILES string of the molecule is CC(C)(C)OC(=O)NCC(NC1CCNCC1)C1CC1. The Balaban J connectivity index is 1.73. The zero-order valence-electron chi connectivity index (χ0n) is 13.0. The normalized spacial score (nSPS) is 22.4. The third-order valence-corrected chi connectivity index (χ3v) is 3.85. The van der Waals surface area contributed by atoms with E-state index in [9.17, 15) is 4.79 Å². The minimum absolute atomic E-state index is 0.310. The number of nitrogens with one attached hydrogen (secondary N) is 3. The van der Waals surface area contributed by atoms with E-state index < -0.39 is 5.60 Å². The van der Waals surface area contributed by atoms with Gasteiger partial charge in [0.1, 0.15) is 5.60 Å². The van der Waals surface area contributed by atoms with E-state index in [1.807, 2.05) is 20.8 Å². The predicted octanol–water partition coefficient (Wildman–Crippen LogP) is 1.63. The highest BCUT2D eigenvalue weighted by atomic mass is 16.6. The van der Waals surface area contributed by atoms with Gasteiger partial charge in [0.05, 0.1) is 0 Å². The molecule has 1 saturated carbocycles. The fourth-order valence-corrected chi connectivity index (χ4v) is 2.66. The fraction of sp³-hybridized carbons (Fsp3) is 0.933. The summed E-state index contributed by atoms with van der Waals surface area (Å²) in [5, 5.41) is 10.0. The predicted molar refractivity (Wildman–Crippen MR) is 79.8 cm³/mol.